The SMILES string of the molecule is CCNC(=O)C(Cc1ccccc1)N(Cc1ccc(Cl)c(Cl)c1)C(=O)CN(c1ccc(Cl)cc1C)S(C)(=O)=O. The summed E-state index contributed by atoms with van der Waals surface area (Å²) in [4.78, 5) is 28.7. The van der Waals surface area contributed by atoms with Crippen LogP contribution in [-0.4, -0.2) is 50.5 Å². The number of nitrogens with one attached hydrogen (secondary N) is 1. The molecule has 0 saturated heterocycles. The maximum atomic E-state index is 14.0. The van der Waals surface area contributed by atoms with Gasteiger partial charge in [0.15, 0.2) is 0 Å². The fourth-order valence-electron chi connectivity index (χ4n) is 4.17. The molecule has 0 fully saturated rings. The van der Waals surface area contributed by atoms with Crippen molar-refractivity contribution in [1.82, 2.24) is 10.2 Å². The van der Waals surface area contributed by atoms with Gasteiger partial charge in [-0.25, -0.2) is 8.42 Å². The standard InChI is InChI=1S/C28H30Cl3N3O4S/c1-4-32-28(36)26(16-20-8-6-5-7-9-20)33(17-21-10-12-23(30)24(31)15-21)27(35)18-34(39(3,37)38)25-13-11-22(29)14-19(25)2/h5-15,26H,4,16-18H2,1-3H3,(H,32,36). The highest BCUT2D eigenvalue weighted by Crippen LogP contribution is 2.27. The quantitative estimate of drug-likeness (QED) is 0.311. The minimum Gasteiger partial charge on any atom is -0.355 e. The van der Waals surface area contributed by atoms with Crippen LogP contribution in [0.25, 0.3) is 0 Å². The first-order valence-corrected chi connectivity index (χ1v) is 15.2. The Morgan fingerprint density at radius 3 is 2.21 bits per heavy atom. The summed E-state index contributed by atoms with van der Waals surface area (Å²) < 4.78 is 26.8. The Balaban J connectivity index is 2.07. The lowest BCUT2D eigenvalue weighted by Gasteiger charge is -2.33. The molecule has 3 aromatic rings. The molecule has 11 heteroatoms. The van der Waals surface area contributed by atoms with Crippen LogP contribution in [0.15, 0.2) is 66.7 Å². The van der Waals surface area contributed by atoms with Crippen LogP contribution in [0.3, 0.4) is 0 Å². The Labute approximate surface area is 244 Å². The lowest BCUT2D eigenvalue weighted by atomic mass is 10.0. The van der Waals surface area contributed by atoms with Gasteiger partial charge < -0.3 is 10.2 Å². The molecule has 1 atom stereocenters. The number of carbonyl (C=O) groups excluding carboxylic acids is 2. The smallest absolute Gasteiger partial charge is 0.244 e. The number of nitrogens with zero attached hydrogens (tertiary/aromatic N) is 2. The summed E-state index contributed by atoms with van der Waals surface area (Å²) in [7, 11) is -3.88. The number of hydrogen-bond donors (Lipinski definition) is 1. The number of aryl methyl sites for hydroxylation is 1. The molecule has 0 bridgehead atoms. The van der Waals surface area contributed by atoms with Crippen molar-refractivity contribution in [3.63, 3.8) is 0 Å². The summed E-state index contributed by atoms with van der Waals surface area (Å²) in [5, 5.41) is 3.90. The molecule has 3 rings (SSSR count). The van der Waals surface area contributed by atoms with Gasteiger partial charge in [-0.05, 0) is 60.9 Å². The van der Waals surface area contributed by atoms with E-state index in [1.165, 1.54) is 4.90 Å². The number of amides is 2. The van der Waals surface area contributed by atoms with Crippen LogP contribution >= 0.6 is 34.8 Å². The molecule has 0 spiro atoms. The Kier molecular flexibility index (Phi) is 10.7. The van der Waals surface area contributed by atoms with Crippen molar-refractivity contribution < 1.29 is 18.0 Å². The topological polar surface area (TPSA) is 86.8 Å². The predicted octanol–water partition coefficient (Wildman–Crippen LogP) is 5.50. The number of carbonyl (C=O) groups is 2. The van der Waals surface area contributed by atoms with Gasteiger partial charge in [0.05, 0.1) is 22.0 Å². The van der Waals surface area contributed by atoms with E-state index in [1.54, 1.807) is 50.2 Å². The summed E-state index contributed by atoms with van der Waals surface area (Å²) in [5.74, 6) is -0.920. The van der Waals surface area contributed by atoms with Crippen LogP contribution < -0.4 is 9.62 Å². The van der Waals surface area contributed by atoms with Gasteiger partial charge in [0, 0.05) is 24.5 Å². The van der Waals surface area contributed by atoms with E-state index in [0.717, 1.165) is 16.1 Å². The maximum absolute atomic E-state index is 14.0. The zero-order chi connectivity index (χ0) is 28.7. The molecule has 0 radical (unpaired) electrons. The molecule has 208 valence electrons. The highest BCUT2D eigenvalue weighted by Gasteiger charge is 2.33. The number of anilines is 1. The number of sulfonamides is 1. The molecule has 0 saturated carbocycles. The van der Waals surface area contributed by atoms with Gasteiger partial charge in [-0.15, -0.1) is 0 Å². The summed E-state index contributed by atoms with van der Waals surface area (Å²) in [5.41, 5.74) is 2.38. The third-order valence-electron chi connectivity index (χ3n) is 6.07. The van der Waals surface area contributed by atoms with Gasteiger partial charge >= 0.3 is 0 Å². The van der Waals surface area contributed by atoms with Crippen molar-refractivity contribution in [2.75, 3.05) is 23.7 Å². The van der Waals surface area contributed by atoms with Crippen LogP contribution in [-0.2, 0) is 32.6 Å². The normalized spacial score (nSPS) is 12.1. The van der Waals surface area contributed by atoms with Crippen LogP contribution in [0.4, 0.5) is 5.69 Å². The number of benzene rings is 3. The van der Waals surface area contributed by atoms with Crippen molar-refractivity contribution in [2.45, 2.75) is 32.9 Å². The lowest BCUT2D eigenvalue weighted by Crippen LogP contribution is -2.53. The second-order valence-corrected chi connectivity index (χ2v) is 12.2. The average molecular weight is 611 g/mol. The maximum Gasteiger partial charge on any atom is 0.244 e. The van der Waals surface area contributed by atoms with E-state index in [2.05, 4.69) is 5.32 Å². The van der Waals surface area contributed by atoms with E-state index in [1.807, 2.05) is 30.3 Å². The molecule has 3 aromatic carbocycles. The van der Waals surface area contributed by atoms with Gasteiger partial charge in [-0.2, -0.15) is 0 Å². The molecule has 0 aromatic heterocycles. The first-order chi connectivity index (χ1) is 18.4. The minimum atomic E-state index is -3.88. The number of rotatable bonds is 11. The van der Waals surface area contributed by atoms with Crippen molar-refractivity contribution >= 4 is 62.3 Å². The van der Waals surface area contributed by atoms with E-state index in [4.69, 9.17) is 34.8 Å². The molecule has 2 amide bonds. The second kappa shape index (κ2) is 13.5. The third kappa shape index (κ3) is 8.35. The zero-order valence-corrected chi connectivity index (χ0v) is 24.9. The van der Waals surface area contributed by atoms with Gasteiger partial charge in [-0.3, -0.25) is 13.9 Å². The summed E-state index contributed by atoms with van der Waals surface area (Å²) >= 11 is 18.4. The summed E-state index contributed by atoms with van der Waals surface area (Å²) in [6.07, 6.45) is 1.25. The molecule has 7 nitrogen and oxygen atoms in total. The molecule has 0 aliphatic carbocycles. The highest BCUT2D eigenvalue weighted by atomic mass is 35.5. The molecule has 1 unspecified atom stereocenters. The van der Waals surface area contributed by atoms with Crippen LogP contribution in [0.1, 0.15) is 23.6 Å². The van der Waals surface area contributed by atoms with E-state index < -0.39 is 28.5 Å². The monoisotopic (exact) mass is 609 g/mol. The van der Waals surface area contributed by atoms with Gasteiger partial charge in [-0.1, -0.05) is 71.2 Å². The van der Waals surface area contributed by atoms with Gasteiger partial charge in [0.1, 0.15) is 12.6 Å². The first-order valence-electron chi connectivity index (χ1n) is 12.2. The average Bonchev–Trinajstić information content (AvgIpc) is 2.87. The third-order valence-corrected chi connectivity index (χ3v) is 8.17. The highest BCUT2D eigenvalue weighted by molar-refractivity contribution is 7.92. The van der Waals surface area contributed by atoms with E-state index in [0.29, 0.717) is 38.4 Å². The van der Waals surface area contributed by atoms with Crippen molar-refractivity contribution in [3.8, 4) is 0 Å². The lowest BCUT2D eigenvalue weighted by molar-refractivity contribution is -0.140. The van der Waals surface area contributed by atoms with Crippen LogP contribution in [0.2, 0.25) is 15.1 Å². The molecule has 39 heavy (non-hydrogen) atoms. The number of halogens is 3. The molecular weight excluding hydrogens is 581 g/mol. The molecule has 0 aliphatic heterocycles. The molecular formula is C28H30Cl3N3O4S. The second-order valence-electron chi connectivity index (χ2n) is 9.07. The van der Waals surface area contributed by atoms with Gasteiger partial charge in [0.2, 0.25) is 21.8 Å². The largest absolute Gasteiger partial charge is 0.355 e. The van der Waals surface area contributed by atoms with Crippen LogP contribution in [0.5, 0.6) is 0 Å². The zero-order valence-electron chi connectivity index (χ0n) is 21.8. The van der Waals surface area contributed by atoms with E-state index in [9.17, 15) is 18.0 Å². The van der Waals surface area contributed by atoms with Gasteiger partial charge in [0.25, 0.3) is 0 Å². The molecule has 1 N–H and O–H groups in total. The molecule has 0 aliphatic rings. The van der Waals surface area contributed by atoms with E-state index >= 15 is 0 Å². The Morgan fingerprint density at radius 2 is 1.62 bits per heavy atom. The van der Waals surface area contributed by atoms with Crippen molar-refractivity contribution in [2.24, 2.45) is 0 Å². The predicted molar refractivity (Wildman–Crippen MR) is 158 cm³/mol. The Bertz CT molecular complexity index is 1440. The van der Waals surface area contributed by atoms with Crippen LogP contribution in [0, 0.1) is 6.92 Å². The Hall–Kier alpha value is -2.78. The van der Waals surface area contributed by atoms with E-state index in [-0.39, 0.29) is 18.9 Å². The first kappa shape index (κ1) is 30.8. The Morgan fingerprint density at radius 1 is 0.923 bits per heavy atom. The number of hydrogen-bond acceptors (Lipinski definition) is 4. The van der Waals surface area contributed by atoms with Crippen molar-refractivity contribution in [3.05, 3.63) is 98.5 Å². The fraction of sp³-hybridized carbons (Fsp3) is 0.286. The summed E-state index contributed by atoms with van der Waals surface area (Å²) in [6.45, 7) is 3.34. The van der Waals surface area contributed by atoms with Crippen molar-refractivity contribution in [1.29, 1.82) is 0 Å². The molecule has 0 heterocycles. The number of likely N-dealkylation sites (N-methyl/N-ethyl adjacent to an activating group) is 1. The fourth-order valence-corrected chi connectivity index (χ4v) is 5.63. The summed E-state index contributed by atoms with van der Waals surface area (Å²) in [6, 6.07) is 18.1. The minimum absolute atomic E-state index is 0.00155.